The van der Waals surface area contributed by atoms with Crippen molar-refractivity contribution in [1.82, 2.24) is 14.8 Å². The van der Waals surface area contributed by atoms with Crippen molar-refractivity contribution in [3.05, 3.63) is 54.4 Å². The summed E-state index contributed by atoms with van der Waals surface area (Å²) in [6, 6.07) is 12.7. The van der Waals surface area contributed by atoms with E-state index >= 15 is 0 Å². The van der Waals surface area contributed by atoms with Gasteiger partial charge in [0.25, 0.3) is 0 Å². The van der Waals surface area contributed by atoms with E-state index in [0.29, 0.717) is 6.04 Å². The van der Waals surface area contributed by atoms with Crippen molar-refractivity contribution < 1.29 is 0 Å². The molecule has 0 unspecified atom stereocenters. The summed E-state index contributed by atoms with van der Waals surface area (Å²) in [7, 11) is 0. The maximum absolute atomic E-state index is 4.47. The third-order valence-corrected chi connectivity index (χ3v) is 3.26. The highest BCUT2D eigenvalue weighted by Gasteiger charge is 2.02. The molecule has 20 heavy (non-hydrogen) atoms. The average Bonchev–Trinajstić information content (AvgIpc) is 2.94. The van der Waals surface area contributed by atoms with Crippen LogP contribution in [0.5, 0.6) is 0 Å². The first-order chi connectivity index (χ1) is 9.72. The summed E-state index contributed by atoms with van der Waals surface area (Å²) in [4.78, 5) is 4.46. The molecule has 0 aliphatic carbocycles. The van der Waals surface area contributed by atoms with E-state index in [9.17, 15) is 0 Å². The van der Waals surface area contributed by atoms with E-state index in [2.05, 4.69) is 41.4 Å². The molecule has 0 aliphatic rings. The predicted octanol–water partition coefficient (Wildman–Crippen LogP) is 3.62. The number of nitrogens with zero attached hydrogens (tertiary/aromatic N) is 3. The Kier molecular flexibility index (Phi) is 3.37. The number of hydrogen-bond acceptors (Lipinski definition) is 3. The molecule has 1 aromatic carbocycles. The zero-order valence-corrected chi connectivity index (χ0v) is 11.7. The number of hydrogen-bond donors (Lipinski definition) is 1. The number of nitrogens with one attached hydrogen (secondary N) is 1. The van der Waals surface area contributed by atoms with E-state index in [4.69, 9.17) is 0 Å². The molecule has 0 atom stereocenters. The molecule has 4 heteroatoms. The topological polar surface area (TPSA) is 42.7 Å². The highest BCUT2D eigenvalue weighted by Crippen LogP contribution is 2.14. The van der Waals surface area contributed by atoms with Gasteiger partial charge < -0.3 is 5.32 Å². The summed E-state index contributed by atoms with van der Waals surface area (Å²) in [5.41, 5.74) is 2.18. The summed E-state index contributed by atoms with van der Waals surface area (Å²) in [5, 5.41) is 8.97. The predicted molar refractivity (Wildman–Crippen MR) is 81.7 cm³/mol. The Morgan fingerprint density at radius 2 is 2.05 bits per heavy atom. The van der Waals surface area contributed by atoms with Crippen molar-refractivity contribution in [3.8, 4) is 0 Å². The Bertz CT molecular complexity index is 715. The van der Waals surface area contributed by atoms with Gasteiger partial charge in [-0.3, -0.25) is 9.67 Å². The summed E-state index contributed by atoms with van der Waals surface area (Å²) in [5.74, 6) is 0.895. The fraction of sp³-hybridized carbons (Fsp3) is 0.250. The number of aromatic nitrogens is 3. The minimum atomic E-state index is 0.382. The maximum atomic E-state index is 4.47. The number of pyridine rings is 1. The van der Waals surface area contributed by atoms with Crippen LogP contribution in [0, 0.1) is 0 Å². The molecule has 0 saturated heterocycles. The molecule has 2 aromatic heterocycles. The van der Waals surface area contributed by atoms with Crippen LogP contribution in [-0.2, 0) is 6.54 Å². The molecule has 3 aromatic rings. The third-order valence-electron chi connectivity index (χ3n) is 3.26. The molecule has 0 aliphatic heterocycles. The molecule has 4 nitrogen and oxygen atoms in total. The summed E-state index contributed by atoms with van der Waals surface area (Å²) >= 11 is 0. The van der Waals surface area contributed by atoms with Crippen molar-refractivity contribution in [1.29, 1.82) is 0 Å². The fourth-order valence-corrected chi connectivity index (χ4v) is 2.13. The van der Waals surface area contributed by atoms with E-state index in [1.54, 1.807) is 0 Å². The molecular formula is C16H18N4. The molecule has 2 heterocycles. The lowest BCUT2D eigenvalue weighted by atomic mass is 10.1. The second kappa shape index (κ2) is 5.33. The monoisotopic (exact) mass is 266 g/mol. The minimum absolute atomic E-state index is 0.382. The second-order valence-electron chi connectivity index (χ2n) is 5.16. The molecule has 1 N–H and O–H groups in total. The van der Waals surface area contributed by atoms with Crippen molar-refractivity contribution in [2.75, 3.05) is 5.32 Å². The minimum Gasteiger partial charge on any atom is -0.364 e. The Balaban J connectivity index is 1.72. The van der Waals surface area contributed by atoms with Gasteiger partial charge in [0.1, 0.15) is 5.82 Å². The SMILES string of the molecule is CC(C)n1ccc(NCc2cnc3ccccc3c2)n1. The van der Waals surface area contributed by atoms with Crippen molar-refractivity contribution in [2.24, 2.45) is 0 Å². The van der Waals surface area contributed by atoms with Crippen LogP contribution in [0.2, 0.25) is 0 Å². The second-order valence-corrected chi connectivity index (χ2v) is 5.16. The first-order valence-electron chi connectivity index (χ1n) is 6.85. The van der Waals surface area contributed by atoms with E-state index < -0.39 is 0 Å². The first kappa shape index (κ1) is 12.7. The lowest BCUT2D eigenvalue weighted by Crippen LogP contribution is -2.04. The molecular weight excluding hydrogens is 248 g/mol. The van der Waals surface area contributed by atoms with Crippen LogP contribution in [0.15, 0.2) is 48.8 Å². The molecule has 0 spiro atoms. The first-order valence-corrected chi connectivity index (χ1v) is 6.85. The van der Waals surface area contributed by atoms with Crippen LogP contribution in [0.3, 0.4) is 0 Å². The fourth-order valence-electron chi connectivity index (χ4n) is 2.13. The van der Waals surface area contributed by atoms with E-state index in [0.717, 1.165) is 23.4 Å². The summed E-state index contributed by atoms with van der Waals surface area (Å²) in [6.45, 7) is 4.96. The van der Waals surface area contributed by atoms with Gasteiger partial charge >= 0.3 is 0 Å². The molecule has 0 amide bonds. The van der Waals surface area contributed by atoms with Gasteiger partial charge in [-0.25, -0.2) is 0 Å². The Morgan fingerprint density at radius 1 is 1.20 bits per heavy atom. The lowest BCUT2D eigenvalue weighted by Gasteiger charge is -2.06. The zero-order valence-electron chi connectivity index (χ0n) is 11.7. The number of para-hydroxylation sites is 1. The third kappa shape index (κ3) is 2.64. The zero-order chi connectivity index (χ0) is 13.9. The van der Waals surface area contributed by atoms with Crippen molar-refractivity contribution >= 4 is 16.7 Å². The van der Waals surface area contributed by atoms with Gasteiger partial charge in [-0.15, -0.1) is 0 Å². The van der Waals surface area contributed by atoms with Crippen molar-refractivity contribution in [3.63, 3.8) is 0 Å². The van der Waals surface area contributed by atoms with Crippen LogP contribution in [0.1, 0.15) is 25.5 Å². The van der Waals surface area contributed by atoms with Gasteiger partial charge in [-0.05, 0) is 31.5 Å². The van der Waals surface area contributed by atoms with Gasteiger partial charge in [0, 0.05) is 36.4 Å². The Morgan fingerprint density at radius 3 is 2.85 bits per heavy atom. The largest absolute Gasteiger partial charge is 0.364 e. The molecule has 0 saturated carbocycles. The van der Waals surface area contributed by atoms with Gasteiger partial charge in [0.05, 0.1) is 5.52 Å². The lowest BCUT2D eigenvalue weighted by molar-refractivity contribution is 0.534. The van der Waals surface area contributed by atoms with Gasteiger partial charge in [0.15, 0.2) is 0 Å². The maximum Gasteiger partial charge on any atom is 0.148 e. The number of rotatable bonds is 4. The number of anilines is 1. The quantitative estimate of drug-likeness (QED) is 0.784. The Labute approximate surface area is 118 Å². The summed E-state index contributed by atoms with van der Waals surface area (Å²) in [6.07, 6.45) is 3.90. The molecule has 102 valence electrons. The normalized spacial score (nSPS) is 11.2. The van der Waals surface area contributed by atoms with Crippen molar-refractivity contribution in [2.45, 2.75) is 26.4 Å². The molecule has 3 rings (SSSR count). The highest BCUT2D eigenvalue weighted by molar-refractivity contribution is 5.78. The van der Waals surface area contributed by atoms with Gasteiger partial charge in [0.2, 0.25) is 0 Å². The van der Waals surface area contributed by atoms with E-state index in [1.807, 2.05) is 41.3 Å². The number of benzene rings is 1. The Hall–Kier alpha value is -2.36. The molecule has 0 radical (unpaired) electrons. The summed E-state index contributed by atoms with van der Waals surface area (Å²) < 4.78 is 1.95. The van der Waals surface area contributed by atoms with E-state index in [1.165, 1.54) is 5.39 Å². The van der Waals surface area contributed by atoms with Gasteiger partial charge in [-0.1, -0.05) is 18.2 Å². The van der Waals surface area contributed by atoms with Crippen LogP contribution in [0.4, 0.5) is 5.82 Å². The van der Waals surface area contributed by atoms with Gasteiger partial charge in [-0.2, -0.15) is 5.10 Å². The van der Waals surface area contributed by atoms with Crippen LogP contribution >= 0.6 is 0 Å². The standard InChI is InChI=1S/C16H18N4/c1-12(2)20-8-7-16(19-20)18-11-13-9-14-5-3-4-6-15(14)17-10-13/h3-10,12H,11H2,1-2H3,(H,18,19). The molecule has 0 bridgehead atoms. The average molecular weight is 266 g/mol. The highest BCUT2D eigenvalue weighted by atomic mass is 15.3. The molecule has 0 fully saturated rings. The van der Waals surface area contributed by atoms with Crippen LogP contribution in [0.25, 0.3) is 10.9 Å². The van der Waals surface area contributed by atoms with Crippen LogP contribution < -0.4 is 5.32 Å². The number of fused-ring (bicyclic) bond motifs is 1. The smallest absolute Gasteiger partial charge is 0.148 e. The van der Waals surface area contributed by atoms with E-state index in [-0.39, 0.29) is 0 Å². The van der Waals surface area contributed by atoms with Crippen LogP contribution in [-0.4, -0.2) is 14.8 Å².